The molecule has 2 nitrogen and oxygen atoms in total. The Hall–Kier alpha value is -1.85. The van der Waals surface area contributed by atoms with Crippen LogP contribution in [0.1, 0.15) is 56.8 Å². The van der Waals surface area contributed by atoms with Crippen LogP contribution in [0, 0.1) is 23.4 Å². The van der Waals surface area contributed by atoms with Gasteiger partial charge in [-0.15, -0.1) is 0 Å². The lowest BCUT2D eigenvalue weighted by Gasteiger charge is -2.29. The summed E-state index contributed by atoms with van der Waals surface area (Å²) in [5.74, 6) is -1.86. The Balaban J connectivity index is 1.73. The first-order valence-corrected chi connectivity index (χ1v) is 10.5. The van der Waals surface area contributed by atoms with Crippen molar-refractivity contribution in [1.29, 1.82) is 0 Å². The molecular weight excluding hydrogens is 377 g/mol. The van der Waals surface area contributed by atoms with Crippen LogP contribution in [0.3, 0.4) is 0 Å². The van der Waals surface area contributed by atoms with Crippen molar-refractivity contribution in [2.45, 2.75) is 52.1 Å². The molecule has 0 aromatic heterocycles. The van der Waals surface area contributed by atoms with Gasteiger partial charge in [-0.3, -0.25) is 0 Å². The third-order valence-corrected chi connectivity index (χ3v) is 5.59. The Labute approximate surface area is 171 Å². The van der Waals surface area contributed by atoms with Crippen molar-refractivity contribution in [2.75, 3.05) is 19.8 Å². The van der Waals surface area contributed by atoms with E-state index in [2.05, 4.69) is 0 Å². The third-order valence-electron chi connectivity index (χ3n) is 5.59. The maximum Gasteiger partial charge on any atom is 0.167 e. The Morgan fingerprint density at radius 2 is 1.86 bits per heavy atom. The fourth-order valence-electron chi connectivity index (χ4n) is 3.90. The van der Waals surface area contributed by atoms with E-state index in [0.717, 1.165) is 19.3 Å². The van der Waals surface area contributed by atoms with Crippen LogP contribution in [0.25, 0.3) is 11.1 Å². The van der Waals surface area contributed by atoms with Crippen LogP contribution < -0.4 is 0 Å². The molecule has 0 saturated carbocycles. The maximum atomic E-state index is 14.8. The van der Waals surface area contributed by atoms with Gasteiger partial charge in [0.05, 0.1) is 12.7 Å². The molecule has 29 heavy (non-hydrogen) atoms. The van der Waals surface area contributed by atoms with E-state index in [1.165, 1.54) is 12.1 Å². The first-order valence-electron chi connectivity index (χ1n) is 10.5. The molecule has 0 radical (unpaired) electrons. The van der Waals surface area contributed by atoms with Crippen LogP contribution in [-0.4, -0.2) is 19.8 Å². The smallest absolute Gasteiger partial charge is 0.167 e. The summed E-state index contributed by atoms with van der Waals surface area (Å²) in [5, 5.41) is 0. The molecular formula is C24H29F3O2. The average Bonchev–Trinajstić information content (AvgIpc) is 2.73. The summed E-state index contributed by atoms with van der Waals surface area (Å²) in [4.78, 5) is 0. The van der Waals surface area contributed by atoms with E-state index >= 15 is 0 Å². The number of benzene rings is 2. The van der Waals surface area contributed by atoms with E-state index in [-0.39, 0.29) is 16.9 Å². The largest absolute Gasteiger partial charge is 0.382 e. The normalized spacial score (nSPS) is 19.5. The summed E-state index contributed by atoms with van der Waals surface area (Å²) >= 11 is 0. The molecule has 1 fully saturated rings. The minimum Gasteiger partial charge on any atom is -0.382 e. The summed E-state index contributed by atoms with van der Waals surface area (Å²) in [5.41, 5.74) is 1.23. The summed E-state index contributed by atoms with van der Waals surface area (Å²) in [6.07, 6.45) is 3.44. The number of rotatable bonds is 8. The van der Waals surface area contributed by atoms with Gasteiger partial charge >= 0.3 is 0 Å². The van der Waals surface area contributed by atoms with E-state index in [9.17, 15) is 13.2 Å². The second-order valence-corrected chi connectivity index (χ2v) is 7.64. The van der Waals surface area contributed by atoms with E-state index in [1.807, 2.05) is 13.8 Å². The Morgan fingerprint density at radius 3 is 2.52 bits per heavy atom. The molecule has 1 saturated heterocycles. The molecule has 0 N–H and O–H groups in total. The van der Waals surface area contributed by atoms with Crippen LogP contribution in [0.5, 0.6) is 0 Å². The molecule has 3 rings (SSSR count). The number of ether oxygens (including phenoxy) is 2. The molecule has 0 bridgehead atoms. The second kappa shape index (κ2) is 10.3. The van der Waals surface area contributed by atoms with Crippen LogP contribution in [0.15, 0.2) is 30.3 Å². The second-order valence-electron chi connectivity index (χ2n) is 7.64. The van der Waals surface area contributed by atoms with Crippen LogP contribution in [0.4, 0.5) is 13.2 Å². The number of aryl methyl sites for hydroxylation is 1. The average molecular weight is 406 g/mol. The predicted molar refractivity (Wildman–Crippen MR) is 108 cm³/mol. The Kier molecular flexibility index (Phi) is 7.73. The van der Waals surface area contributed by atoms with Crippen LogP contribution >= 0.6 is 0 Å². The molecule has 0 aliphatic carbocycles. The fraction of sp³-hybridized carbons (Fsp3) is 0.500. The van der Waals surface area contributed by atoms with Gasteiger partial charge in [0, 0.05) is 24.3 Å². The van der Waals surface area contributed by atoms with Crippen molar-refractivity contribution in [3.8, 4) is 11.1 Å². The van der Waals surface area contributed by atoms with Gasteiger partial charge in [0.1, 0.15) is 5.82 Å². The third kappa shape index (κ3) is 5.20. The van der Waals surface area contributed by atoms with Gasteiger partial charge in [-0.05, 0) is 55.7 Å². The minimum atomic E-state index is -0.952. The molecule has 2 aromatic carbocycles. The number of hydrogen-bond acceptors (Lipinski definition) is 2. The van der Waals surface area contributed by atoms with Crippen LogP contribution in [0.2, 0.25) is 0 Å². The molecule has 1 aliphatic rings. The SMILES string of the molecule is CCCc1ccc(-c2ccc(C3CCC(CCOCC)CO3)c(F)c2F)cc1F. The molecule has 2 atom stereocenters. The summed E-state index contributed by atoms with van der Waals surface area (Å²) in [6, 6.07) is 7.66. The highest BCUT2D eigenvalue weighted by molar-refractivity contribution is 5.65. The lowest BCUT2D eigenvalue weighted by Crippen LogP contribution is -2.22. The highest BCUT2D eigenvalue weighted by Gasteiger charge is 2.27. The van der Waals surface area contributed by atoms with Crippen molar-refractivity contribution in [3.05, 3.63) is 58.9 Å². The molecule has 0 amide bonds. The molecule has 2 aromatic rings. The van der Waals surface area contributed by atoms with Crippen LogP contribution in [-0.2, 0) is 15.9 Å². The summed E-state index contributed by atoms with van der Waals surface area (Å²) in [6.45, 7) is 5.83. The van der Waals surface area contributed by atoms with Gasteiger partial charge in [-0.1, -0.05) is 37.6 Å². The van der Waals surface area contributed by atoms with E-state index in [0.29, 0.717) is 49.7 Å². The van der Waals surface area contributed by atoms with Crippen molar-refractivity contribution < 1.29 is 22.6 Å². The first-order chi connectivity index (χ1) is 14.0. The first kappa shape index (κ1) is 21.8. The van der Waals surface area contributed by atoms with Gasteiger partial charge in [0.15, 0.2) is 11.6 Å². The molecule has 1 heterocycles. The monoisotopic (exact) mass is 406 g/mol. The topological polar surface area (TPSA) is 18.5 Å². The molecule has 158 valence electrons. The molecule has 2 unspecified atom stereocenters. The van der Waals surface area contributed by atoms with Gasteiger partial charge in [0.25, 0.3) is 0 Å². The van der Waals surface area contributed by atoms with Crippen molar-refractivity contribution in [2.24, 2.45) is 5.92 Å². The number of halogens is 3. The fourth-order valence-corrected chi connectivity index (χ4v) is 3.90. The Morgan fingerprint density at radius 1 is 1.03 bits per heavy atom. The van der Waals surface area contributed by atoms with Crippen molar-refractivity contribution in [1.82, 2.24) is 0 Å². The van der Waals surface area contributed by atoms with E-state index in [4.69, 9.17) is 9.47 Å². The highest BCUT2D eigenvalue weighted by Crippen LogP contribution is 2.36. The van der Waals surface area contributed by atoms with Crippen molar-refractivity contribution in [3.63, 3.8) is 0 Å². The Bertz CT molecular complexity index is 814. The van der Waals surface area contributed by atoms with Gasteiger partial charge in [-0.2, -0.15) is 0 Å². The van der Waals surface area contributed by atoms with Gasteiger partial charge < -0.3 is 9.47 Å². The molecule has 1 aliphatic heterocycles. The maximum absolute atomic E-state index is 14.8. The van der Waals surface area contributed by atoms with Gasteiger partial charge in [-0.25, -0.2) is 13.2 Å². The zero-order chi connectivity index (χ0) is 20.8. The lowest BCUT2D eigenvalue weighted by molar-refractivity contribution is -0.0278. The quantitative estimate of drug-likeness (QED) is 0.459. The lowest BCUT2D eigenvalue weighted by atomic mass is 9.91. The van der Waals surface area contributed by atoms with Gasteiger partial charge in [0.2, 0.25) is 0 Å². The zero-order valence-corrected chi connectivity index (χ0v) is 17.1. The van der Waals surface area contributed by atoms with E-state index in [1.54, 1.807) is 18.2 Å². The summed E-state index contributed by atoms with van der Waals surface area (Å²) < 4.78 is 55.0. The van der Waals surface area contributed by atoms with E-state index < -0.39 is 17.7 Å². The number of hydrogen-bond donors (Lipinski definition) is 0. The highest BCUT2D eigenvalue weighted by atomic mass is 19.2. The molecule has 0 spiro atoms. The summed E-state index contributed by atoms with van der Waals surface area (Å²) in [7, 11) is 0. The minimum absolute atomic E-state index is 0.0681. The zero-order valence-electron chi connectivity index (χ0n) is 17.1. The van der Waals surface area contributed by atoms with Crippen molar-refractivity contribution >= 4 is 0 Å². The molecule has 5 heteroatoms. The predicted octanol–water partition coefficient (Wildman–Crippen LogP) is 6.62. The standard InChI is InChI=1S/C24H29F3O2/c1-3-5-17-7-8-18(14-21(17)25)19-9-10-20(24(27)23(19)26)22-11-6-16(15-29-22)12-13-28-4-2/h7-10,14,16,22H,3-6,11-13,15H2,1-2H3.